The summed E-state index contributed by atoms with van der Waals surface area (Å²) in [7, 11) is 0. The average Bonchev–Trinajstić information content (AvgIpc) is 3.24. The van der Waals surface area contributed by atoms with E-state index in [-0.39, 0.29) is 4.75 Å². The van der Waals surface area contributed by atoms with Gasteiger partial charge in [0.05, 0.1) is 9.49 Å². The van der Waals surface area contributed by atoms with Crippen molar-refractivity contribution in [2.75, 3.05) is 0 Å². The van der Waals surface area contributed by atoms with Crippen molar-refractivity contribution >= 4 is 11.8 Å². The van der Waals surface area contributed by atoms with Crippen molar-refractivity contribution in [2.45, 2.75) is 43.6 Å². The van der Waals surface area contributed by atoms with Crippen LogP contribution in [0.25, 0.3) is 0 Å². The number of hydrogen-bond acceptors (Lipinski definition) is 1. The lowest BCUT2D eigenvalue weighted by molar-refractivity contribution is -0.0366. The molecule has 2 aliphatic rings. The zero-order valence-corrected chi connectivity index (χ0v) is 14.7. The summed E-state index contributed by atoms with van der Waals surface area (Å²) in [6.07, 6.45) is 1.30. The molecule has 0 bridgehead atoms. The molecule has 1 heterocycles. The molecule has 1 aliphatic carbocycles. The van der Waals surface area contributed by atoms with Crippen molar-refractivity contribution in [3.8, 4) is 0 Å². The molecule has 4 rings (SSSR count). The molecule has 0 amide bonds. The maximum absolute atomic E-state index is 2.46. The molecule has 0 atom stereocenters. The lowest BCUT2D eigenvalue weighted by Gasteiger charge is -2.60. The van der Waals surface area contributed by atoms with Gasteiger partial charge < -0.3 is 0 Å². The largest absolute Gasteiger partial charge is 0.134 e. The van der Waals surface area contributed by atoms with Gasteiger partial charge in [-0.25, -0.2) is 0 Å². The Kier molecular flexibility index (Phi) is 2.75. The van der Waals surface area contributed by atoms with Crippen LogP contribution in [0.4, 0.5) is 0 Å². The SMILES string of the molecule is CC1(C)CC(C)(C)C12SC2(c1ccccc1)c1ccccc1. The highest BCUT2D eigenvalue weighted by atomic mass is 32.2. The van der Waals surface area contributed by atoms with Crippen molar-refractivity contribution in [3.63, 3.8) is 0 Å². The third kappa shape index (κ3) is 1.46. The van der Waals surface area contributed by atoms with E-state index in [0.29, 0.717) is 15.6 Å². The van der Waals surface area contributed by atoms with Gasteiger partial charge in [0.25, 0.3) is 0 Å². The van der Waals surface area contributed by atoms with Crippen LogP contribution in [0.1, 0.15) is 45.2 Å². The Morgan fingerprint density at radius 3 is 1.41 bits per heavy atom. The molecule has 2 aromatic carbocycles. The molecule has 0 N–H and O–H groups in total. The first-order valence-electron chi connectivity index (χ1n) is 8.19. The minimum atomic E-state index is 0.112. The van der Waals surface area contributed by atoms with Gasteiger partial charge in [0, 0.05) is 0 Å². The topological polar surface area (TPSA) is 0 Å². The van der Waals surface area contributed by atoms with Crippen LogP contribution in [0.15, 0.2) is 60.7 Å². The summed E-state index contributed by atoms with van der Waals surface area (Å²) < 4.78 is 0.413. The molecule has 0 nitrogen and oxygen atoms in total. The van der Waals surface area contributed by atoms with Gasteiger partial charge in [0.15, 0.2) is 0 Å². The number of benzene rings is 2. The first kappa shape index (κ1) is 14.4. The van der Waals surface area contributed by atoms with E-state index in [1.165, 1.54) is 17.5 Å². The highest BCUT2D eigenvalue weighted by molar-refractivity contribution is 8.09. The number of rotatable bonds is 2. The first-order chi connectivity index (χ1) is 10.4. The van der Waals surface area contributed by atoms with Gasteiger partial charge in [0.1, 0.15) is 0 Å². The molecule has 1 spiro atoms. The summed E-state index contributed by atoms with van der Waals surface area (Å²) in [5.74, 6) is 0. The third-order valence-corrected chi connectivity index (χ3v) is 8.51. The van der Waals surface area contributed by atoms with Crippen molar-refractivity contribution < 1.29 is 0 Å². The molecular weight excluding hydrogens is 284 g/mol. The van der Waals surface area contributed by atoms with E-state index in [1.54, 1.807) is 0 Å². The lowest BCUT2D eigenvalue weighted by atomic mass is 9.43. The molecule has 114 valence electrons. The van der Waals surface area contributed by atoms with E-state index in [1.807, 2.05) is 0 Å². The summed E-state index contributed by atoms with van der Waals surface area (Å²) in [4.78, 5) is 0. The summed E-state index contributed by atoms with van der Waals surface area (Å²) in [6, 6.07) is 22.3. The number of thioether (sulfide) groups is 1. The third-order valence-electron chi connectivity index (χ3n) is 5.91. The molecule has 2 aromatic rings. The normalized spacial score (nSPS) is 25.5. The van der Waals surface area contributed by atoms with E-state index in [9.17, 15) is 0 Å². The van der Waals surface area contributed by atoms with Crippen molar-refractivity contribution in [1.82, 2.24) is 0 Å². The minimum absolute atomic E-state index is 0.112. The Morgan fingerprint density at radius 1 is 0.682 bits per heavy atom. The van der Waals surface area contributed by atoms with Gasteiger partial charge in [-0.1, -0.05) is 88.4 Å². The van der Waals surface area contributed by atoms with Crippen LogP contribution < -0.4 is 0 Å². The number of hydrogen-bond donors (Lipinski definition) is 0. The highest BCUT2D eigenvalue weighted by Gasteiger charge is 2.86. The second-order valence-corrected chi connectivity index (χ2v) is 9.57. The Bertz CT molecular complexity index is 644. The predicted molar refractivity (Wildman–Crippen MR) is 96.2 cm³/mol. The predicted octanol–water partition coefficient (Wildman–Crippen LogP) is 5.87. The van der Waals surface area contributed by atoms with Gasteiger partial charge in [-0.15, -0.1) is 11.8 Å². The molecule has 1 saturated carbocycles. The van der Waals surface area contributed by atoms with Gasteiger partial charge in [-0.3, -0.25) is 0 Å². The van der Waals surface area contributed by atoms with Crippen LogP contribution in [0, 0.1) is 10.8 Å². The Hall–Kier alpha value is -1.21. The molecule has 22 heavy (non-hydrogen) atoms. The second-order valence-electron chi connectivity index (χ2n) is 8.14. The Balaban J connectivity index is 1.95. The quantitative estimate of drug-likeness (QED) is 0.625. The molecule has 0 aromatic heterocycles. The molecule has 2 fully saturated rings. The highest BCUT2D eigenvalue weighted by Crippen LogP contribution is 2.90. The smallest absolute Gasteiger partial charge is 0.0821 e. The van der Waals surface area contributed by atoms with Crippen LogP contribution in [-0.2, 0) is 4.75 Å². The summed E-state index contributed by atoms with van der Waals surface area (Å²) in [5.41, 5.74) is 3.67. The van der Waals surface area contributed by atoms with Gasteiger partial charge >= 0.3 is 0 Å². The summed E-state index contributed by atoms with van der Waals surface area (Å²) >= 11 is 2.19. The van der Waals surface area contributed by atoms with E-state index >= 15 is 0 Å². The Labute approximate surface area is 138 Å². The fourth-order valence-corrected chi connectivity index (χ4v) is 8.03. The Morgan fingerprint density at radius 2 is 1.09 bits per heavy atom. The minimum Gasteiger partial charge on any atom is -0.134 e. The van der Waals surface area contributed by atoms with E-state index in [4.69, 9.17) is 0 Å². The first-order valence-corrected chi connectivity index (χ1v) is 9.00. The average molecular weight is 308 g/mol. The van der Waals surface area contributed by atoms with Crippen LogP contribution in [0.2, 0.25) is 0 Å². The standard InChI is InChI=1S/C21H24S/c1-18(2)15-19(3,4)21(18)20(22-21,16-11-7-5-8-12-16)17-13-9-6-10-14-17/h5-14H,15H2,1-4H3. The molecule has 0 radical (unpaired) electrons. The fraction of sp³-hybridized carbons (Fsp3) is 0.429. The molecule has 0 unspecified atom stereocenters. The summed E-state index contributed by atoms with van der Waals surface area (Å²) in [5, 5.41) is 0. The van der Waals surface area contributed by atoms with Gasteiger partial charge in [-0.2, -0.15) is 0 Å². The van der Waals surface area contributed by atoms with E-state index in [2.05, 4.69) is 100 Å². The maximum atomic E-state index is 2.46. The van der Waals surface area contributed by atoms with Crippen LogP contribution >= 0.6 is 11.8 Å². The monoisotopic (exact) mass is 308 g/mol. The molecule has 1 heteroatoms. The van der Waals surface area contributed by atoms with Crippen molar-refractivity contribution in [1.29, 1.82) is 0 Å². The van der Waals surface area contributed by atoms with E-state index in [0.717, 1.165) is 0 Å². The molecular formula is C21H24S. The second kappa shape index (κ2) is 4.20. The molecule has 1 saturated heterocycles. The van der Waals surface area contributed by atoms with E-state index < -0.39 is 0 Å². The zero-order chi connectivity index (χ0) is 15.6. The van der Waals surface area contributed by atoms with Crippen LogP contribution in [-0.4, -0.2) is 4.75 Å². The van der Waals surface area contributed by atoms with Crippen molar-refractivity contribution in [2.24, 2.45) is 10.8 Å². The zero-order valence-electron chi connectivity index (χ0n) is 13.9. The van der Waals surface area contributed by atoms with Crippen LogP contribution in [0.5, 0.6) is 0 Å². The maximum Gasteiger partial charge on any atom is 0.0821 e. The molecule has 1 aliphatic heterocycles. The van der Waals surface area contributed by atoms with Gasteiger partial charge in [0.2, 0.25) is 0 Å². The fourth-order valence-electron chi connectivity index (χ4n) is 5.63. The lowest BCUT2D eigenvalue weighted by Crippen LogP contribution is -2.61. The van der Waals surface area contributed by atoms with Crippen molar-refractivity contribution in [3.05, 3.63) is 71.8 Å². The summed E-state index contributed by atoms with van der Waals surface area (Å²) in [6.45, 7) is 9.83. The van der Waals surface area contributed by atoms with Gasteiger partial charge in [-0.05, 0) is 28.4 Å². The van der Waals surface area contributed by atoms with Crippen LogP contribution in [0.3, 0.4) is 0 Å².